The quantitative estimate of drug-likeness (QED) is 0.469. The molecule has 0 fully saturated rings. The Balaban J connectivity index is 2.01. The maximum Gasteiger partial charge on any atom is 0.128 e. The van der Waals surface area contributed by atoms with Crippen LogP contribution in [-0.4, -0.2) is 34.1 Å². The van der Waals surface area contributed by atoms with E-state index in [0.29, 0.717) is 19.6 Å². The molecule has 0 amide bonds. The summed E-state index contributed by atoms with van der Waals surface area (Å²) < 4.78 is 11.3. The molecule has 0 aliphatic carbocycles. The second kappa shape index (κ2) is 10.3. The fraction of sp³-hybridized carbons (Fsp3) is 0.444. The summed E-state index contributed by atoms with van der Waals surface area (Å²) in [5.74, 6) is 1.79. The molecular weight excluding hydrogens is 412 g/mol. The Labute approximate surface area is 198 Å². The van der Waals surface area contributed by atoms with E-state index in [4.69, 9.17) is 24.4 Å². The highest BCUT2D eigenvalue weighted by atomic mass is 16.5. The Kier molecular flexibility index (Phi) is 7.69. The number of rotatable bonds is 8. The molecule has 0 spiro atoms. The van der Waals surface area contributed by atoms with Crippen molar-refractivity contribution in [2.24, 2.45) is 0 Å². The van der Waals surface area contributed by atoms with Crippen molar-refractivity contribution in [3.8, 4) is 11.5 Å². The van der Waals surface area contributed by atoms with Crippen molar-refractivity contribution in [1.82, 2.24) is 19.9 Å². The Morgan fingerprint density at radius 1 is 0.545 bits per heavy atom. The maximum absolute atomic E-state index is 5.65. The molecule has 0 unspecified atom stereocenters. The smallest absolute Gasteiger partial charge is 0.128 e. The van der Waals surface area contributed by atoms with Crippen LogP contribution >= 0.6 is 0 Å². The van der Waals surface area contributed by atoms with Crippen molar-refractivity contribution in [3.05, 3.63) is 74.6 Å². The number of pyridine rings is 3. The van der Waals surface area contributed by atoms with Gasteiger partial charge in [0, 0.05) is 60.5 Å². The average Bonchev–Trinajstić information content (AvgIpc) is 2.78. The van der Waals surface area contributed by atoms with Gasteiger partial charge in [-0.2, -0.15) is 0 Å². The normalized spacial score (nSPS) is 11.2. The van der Waals surface area contributed by atoms with Crippen LogP contribution in [-0.2, 0) is 19.6 Å². The lowest BCUT2D eigenvalue weighted by atomic mass is 10.0. The van der Waals surface area contributed by atoms with Crippen LogP contribution in [0.1, 0.15) is 56.0 Å². The first kappa shape index (κ1) is 24.6. The molecule has 0 bridgehead atoms. The minimum atomic E-state index is 0.661. The molecule has 0 saturated heterocycles. The number of aryl methyl sites for hydroxylation is 3. The molecule has 3 rings (SSSR count). The van der Waals surface area contributed by atoms with E-state index in [9.17, 15) is 0 Å². The summed E-state index contributed by atoms with van der Waals surface area (Å²) >= 11 is 0. The van der Waals surface area contributed by atoms with Crippen molar-refractivity contribution < 1.29 is 9.47 Å². The summed E-state index contributed by atoms with van der Waals surface area (Å²) in [5, 5.41) is 0. The molecule has 0 aliphatic rings. The van der Waals surface area contributed by atoms with Crippen LogP contribution in [0.2, 0.25) is 0 Å². The standard InChI is InChI=1S/C27H36N4O2/c1-16-10-28-23(20(5)19(16)4)13-31(14-24-21(6)26(32-8)17(2)11-29-24)15-25-22(7)27(33-9)18(3)12-30-25/h10-12H,13-15H2,1-9H3. The monoisotopic (exact) mass is 448 g/mol. The van der Waals surface area contributed by atoms with Crippen molar-refractivity contribution in [2.75, 3.05) is 14.2 Å². The van der Waals surface area contributed by atoms with Gasteiger partial charge in [0.1, 0.15) is 11.5 Å². The number of nitrogens with zero attached hydrogens (tertiary/aromatic N) is 4. The largest absolute Gasteiger partial charge is 0.496 e. The highest BCUT2D eigenvalue weighted by Gasteiger charge is 2.19. The van der Waals surface area contributed by atoms with Crippen LogP contribution in [0.5, 0.6) is 11.5 Å². The lowest BCUT2D eigenvalue weighted by Crippen LogP contribution is -2.26. The number of methoxy groups -OCH3 is 2. The molecule has 176 valence electrons. The minimum Gasteiger partial charge on any atom is -0.496 e. The third-order valence-electron chi connectivity index (χ3n) is 6.62. The van der Waals surface area contributed by atoms with Crippen LogP contribution in [0.15, 0.2) is 18.6 Å². The van der Waals surface area contributed by atoms with E-state index in [1.807, 2.05) is 32.4 Å². The Bertz CT molecular complexity index is 1100. The fourth-order valence-electron chi connectivity index (χ4n) is 4.30. The highest BCUT2D eigenvalue weighted by Crippen LogP contribution is 2.28. The maximum atomic E-state index is 5.65. The molecular formula is C27H36N4O2. The number of ether oxygens (including phenoxy) is 2. The molecule has 33 heavy (non-hydrogen) atoms. The third-order valence-corrected chi connectivity index (χ3v) is 6.62. The molecule has 6 nitrogen and oxygen atoms in total. The van der Waals surface area contributed by atoms with E-state index < -0.39 is 0 Å². The molecule has 0 aromatic carbocycles. The summed E-state index contributed by atoms with van der Waals surface area (Å²) in [6.07, 6.45) is 5.74. The average molecular weight is 449 g/mol. The lowest BCUT2D eigenvalue weighted by Gasteiger charge is -2.25. The zero-order valence-corrected chi connectivity index (χ0v) is 21.5. The second-order valence-corrected chi connectivity index (χ2v) is 8.88. The van der Waals surface area contributed by atoms with Gasteiger partial charge in [-0.15, -0.1) is 0 Å². The van der Waals surface area contributed by atoms with Gasteiger partial charge in [-0.3, -0.25) is 19.9 Å². The second-order valence-electron chi connectivity index (χ2n) is 8.88. The van der Waals surface area contributed by atoms with Crippen LogP contribution in [0.25, 0.3) is 0 Å². The molecule has 6 heteroatoms. The van der Waals surface area contributed by atoms with Gasteiger partial charge < -0.3 is 9.47 Å². The molecule has 3 aromatic rings. The first-order chi connectivity index (χ1) is 15.7. The molecule has 3 aromatic heterocycles. The van der Waals surface area contributed by atoms with Crippen molar-refractivity contribution in [2.45, 2.75) is 68.1 Å². The number of hydrogen-bond acceptors (Lipinski definition) is 6. The predicted molar refractivity (Wildman–Crippen MR) is 132 cm³/mol. The first-order valence-corrected chi connectivity index (χ1v) is 11.3. The molecule has 3 heterocycles. The van der Waals surface area contributed by atoms with Crippen molar-refractivity contribution >= 4 is 0 Å². The van der Waals surface area contributed by atoms with Crippen molar-refractivity contribution in [3.63, 3.8) is 0 Å². The Hall–Kier alpha value is -2.99. The van der Waals surface area contributed by atoms with E-state index in [-0.39, 0.29) is 0 Å². The van der Waals surface area contributed by atoms with Gasteiger partial charge in [0.2, 0.25) is 0 Å². The molecule has 0 saturated carbocycles. The van der Waals surface area contributed by atoms with Gasteiger partial charge in [-0.25, -0.2) is 0 Å². The number of aromatic nitrogens is 3. The van der Waals surface area contributed by atoms with Crippen LogP contribution in [0, 0.1) is 48.5 Å². The van der Waals surface area contributed by atoms with Crippen LogP contribution < -0.4 is 9.47 Å². The zero-order valence-electron chi connectivity index (χ0n) is 21.5. The Morgan fingerprint density at radius 2 is 0.909 bits per heavy atom. The predicted octanol–water partition coefficient (Wildman–Crippen LogP) is 5.25. The SMILES string of the molecule is COc1c(C)cnc(CN(Cc2ncc(C)c(C)c2C)Cc2ncc(C)c(OC)c2C)c1C. The van der Waals surface area contributed by atoms with Gasteiger partial charge >= 0.3 is 0 Å². The third kappa shape index (κ3) is 5.17. The van der Waals surface area contributed by atoms with Gasteiger partial charge in [0.05, 0.1) is 31.3 Å². The summed E-state index contributed by atoms with van der Waals surface area (Å²) in [4.78, 5) is 16.6. The molecule has 0 radical (unpaired) electrons. The van der Waals surface area contributed by atoms with E-state index in [0.717, 1.165) is 50.8 Å². The van der Waals surface area contributed by atoms with E-state index in [2.05, 4.69) is 39.5 Å². The lowest BCUT2D eigenvalue weighted by molar-refractivity contribution is 0.236. The van der Waals surface area contributed by atoms with Crippen LogP contribution in [0.4, 0.5) is 0 Å². The summed E-state index contributed by atoms with van der Waals surface area (Å²) in [6.45, 7) is 16.6. The zero-order chi connectivity index (χ0) is 24.3. The van der Waals surface area contributed by atoms with E-state index in [1.54, 1.807) is 14.2 Å². The van der Waals surface area contributed by atoms with Gasteiger partial charge in [0.15, 0.2) is 0 Å². The molecule has 0 aliphatic heterocycles. The number of hydrogen-bond donors (Lipinski definition) is 0. The van der Waals surface area contributed by atoms with E-state index in [1.165, 1.54) is 16.7 Å². The first-order valence-electron chi connectivity index (χ1n) is 11.3. The van der Waals surface area contributed by atoms with Gasteiger partial charge in [-0.05, 0) is 65.2 Å². The highest BCUT2D eigenvalue weighted by molar-refractivity contribution is 5.42. The minimum absolute atomic E-state index is 0.661. The van der Waals surface area contributed by atoms with Gasteiger partial charge in [-0.1, -0.05) is 0 Å². The van der Waals surface area contributed by atoms with Crippen molar-refractivity contribution in [1.29, 1.82) is 0 Å². The van der Waals surface area contributed by atoms with E-state index >= 15 is 0 Å². The summed E-state index contributed by atoms with van der Waals surface area (Å²) in [5.41, 5.74) is 11.0. The summed E-state index contributed by atoms with van der Waals surface area (Å²) in [6, 6.07) is 0. The van der Waals surface area contributed by atoms with Gasteiger partial charge in [0.25, 0.3) is 0 Å². The fourth-order valence-corrected chi connectivity index (χ4v) is 4.30. The Morgan fingerprint density at radius 3 is 1.30 bits per heavy atom. The molecule has 0 N–H and O–H groups in total. The molecule has 0 atom stereocenters. The van der Waals surface area contributed by atoms with Crippen LogP contribution in [0.3, 0.4) is 0 Å². The topological polar surface area (TPSA) is 60.4 Å². The summed E-state index contributed by atoms with van der Waals surface area (Å²) in [7, 11) is 3.43.